The topological polar surface area (TPSA) is 64.7 Å². The summed E-state index contributed by atoms with van der Waals surface area (Å²) in [6.45, 7) is 11.6. The van der Waals surface area contributed by atoms with Crippen molar-refractivity contribution in [2.45, 2.75) is 39.3 Å². The molecule has 2 fully saturated rings. The predicted octanol–water partition coefficient (Wildman–Crippen LogP) is 1.68. The van der Waals surface area contributed by atoms with Gasteiger partial charge in [-0.1, -0.05) is 31.5 Å². The van der Waals surface area contributed by atoms with Crippen LogP contribution in [0, 0.1) is 12.8 Å². The minimum absolute atomic E-state index is 0. The molecule has 0 radical (unpaired) electrons. The standard InChI is InChI=1S/C21H32N4O2.ClH/c1-15(2)19(23-20(26)17-6-4-16(3)5-7-17)21(27)25-11-8-18(14-25)24-12-9-22-10-13-24;/h4-7,15,18-19,22H,8-14H2,1-3H3,(H,23,26);1H. The Morgan fingerprint density at radius 3 is 2.36 bits per heavy atom. The van der Waals surface area contributed by atoms with Crippen LogP contribution in [-0.4, -0.2) is 73.0 Å². The van der Waals surface area contributed by atoms with Gasteiger partial charge in [0.2, 0.25) is 5.91 Å². The summed E-state index contributed by atoms with van der Waals surface area (Å²) >= 11 is 0. The summed E-state index contributed by atoms with van der Waals surface area (Å²) in [6.07, 6.45) is 1.02. The molecule has 3 rings (SSSR count). The molecule has 2 aliphatic heterocycles. The highest BCUT2D eigenvalue weighted by molar-refractivity contribution is 5.97. The molecule has 156 valence electrons. The van der Waals surface area contributed by atoms with Gasteiger partial charge >= 0.3 is 0 Å². The molecule has 1 aromatic rings. The molecule has 2 heterocycles. The summed E-state index contributed by atoms with van der Waals surface area (Å²) in [5.74, 6) is -0.0897. The van der Waals surface area contributed by atoms with Crippen molar-refractivity contribution in [3.05, 3.63) is 35.4 Å². The van der Waals surface area contributed by atoms with Crippen LogP contribution >= 0.6 is 12.4 Å². The minimum Gasteiger partial charge on any atom is -0.340 e. The van der Waals surface area contributed by atoms with Gasteiger partial charge in [-0.3, -0.25) is 14.5 Å². The van der Waals surface area contributed by atoms with Crippen LogP contribution < -0.4 is 10.6 Å². The van der Waals surface area contributed by atoms with E-state index in [1.807, 2.05) is 49.9 Å². The lowest BCUT2D eigenvalue weighted by molar-refractivity contribution is -0.133. The lowest BCUT2D eigenvalue weighted by atomic mass is 10.0. The van der Waals surface area contributed by atoms with Crippen LogP contribution in [0.5, 0.6) is 0 Å². The number of carbonyl (C=O) groups excluding carboxylic acids is 2. The summed E-state index contributed by atoms with van der Waals surface area (Å²) < 4.78 is 0. The molecule has 0 saturated carbocycles. The van der Waals surface area contributed by atoms with Crippen molar-refractivity contribution in [2.75, 3.05) is 39.3 Å². The predicted molar refractivity (Wildman–Crippen MR) is 114 cm³/mol. The second-order valence-corrected chi connectivity index (χ2v) is 8.07. The summed E-state index contributed by atoms with van der Waals surface area (Å²) in [6, 6.07) is 7.41. The van der Waals surface area contributed by atoms with Crippen LogP contribution in [0.2, 0.25) is 0 Å². The first kappa shape index (κ1) is 22.7. The largest absolute Gasteiger partial charge is 0.340 e. The second-order valence-electron chi connectivity index (χ2n) is 8.07. The van der Waals surface area contributed by atoms with Crippen molar-refractivity contribution in [2.24, 2.45) is 5.92 Å². The Balaban J connectivity index is 0.00000280. The van der Waals surface area contributed by atoms with Crippen LogP contribution in [0.3, 0.4) is 0 Å². The van der Waals surface area contributed by atoms with Crippen molar-refractivity contribution in [3.8, 4) is 0 Å². The van der Waals surface area contributed by atoms with Crippen LogP contribution in [0.1, 0.15) is 36.2 Å². The third kappa shape index (κ3) is 5.46. The van der Waals surface area contributed by atoms with Crippen molar-refractivity contribution in [3.63, 3.8) is 0 Å². The molecule has 0 spiro atoms. The molecule has 6 nitrogen and oxygen atoms in total. The number of aryl methyl sites for hydroxylation is 1. The fourth-order valence-corrected chi connectivity index (χ4v) is 3.93. The van der Waals surface area contributed by atoms with Gasteiger partial charge in [0, 0.05) is 50.9 Å². The quantitative estimate of drug-likeness (QED) is 0.778. The number of likely N-dealkylation sites (tertiary alicyclic amines) is 1. The van der Waals surface area contributed by atoms with Gasteiger partial charge in [0.25, 0.3) is 5.91 Å². The summed E-state index contributed by atoms with van der Waals surface area (Å²) in [4.78, 5) is 30.1. The first-order valence-electron chi connectivity index (χ1n) is 10.1. The van der Waals surface area contributed by atoms with Crippen LogP contribution in [0.4, 0.5) is 0 Å². The molecule has 2 aliphatic rings. The maximum absolute atomic E-state index is 13.1. The normalized spacial score (nSPS) is 21.3. The Bertz CT molecular complexity index is 659. The number of benzene rings is 1. The van der Waals surface area contributed by atoms with E-state index >= 15 is 0 Å². The van der Waals surface area contributed by atoms with Gasteiger partial charge in [0.1, 0.15) is 6.04 Å². The lowest BCUT2D eigenvalue weighted by Gasteiger charge is -2.33. The lowest BCUT2D eigenvalue weighted by Crippen LogP contribution is -2.52. The monoisotopic (exact) mass is 408 g/mol. The average Bonchev–Trinajstić information content (AvgIpc) is 3.16. The van der Waals surface area contributed by atoms with Gasteiger partial charge in [-0.2, -0.15) is 0 Å². The molecule has 2 unspecified atom stereocenters. The number of piperazine rings is 1. The van der Waals surface area contributed by atoms with Crippen molar-refractivity contribution in [1.82, 2.24) is 20.4 Å². The van der Waals surface area contributed by atoms with E-state index < -0.39 is 6.04 Å². The number of nitrogens with one attached hydrogen (secondary N) is 2. The third-order valence-corrected chi connectivity index (χ3v) is 5.68. The molecular weight excluding hydrogens is 376 g/mol. The Morgan fingerprint density at radius 1 is 1.11 bits per heavy atom. The molecule has 2 saturated heterocycles. The SMILES string of the molecule is Cc1ccc(C(=O)NC(C(=O)N2CCC(N3CCNCC3)C2)C(C)C)cc1.Cl. The van der Waals surface area contributed by atoms with Gasteiger partial charge in [-0.15, -0.1) is 12.4 Å². The van der Waals surface area contributed by atoms with Crippen LogP contribution in [-0.2, 0) is 4.79 Å². The summed E-state index contributed by atoms with van der Waals surface area (Å²) in [5, 5.41) is 6.35. The van der Waals surface area contributed by atoms with E-state index in [1.54, 1.807) is 0 Å². The number of nitrogens with zero attached hydrogens (tertiary/aromatic N) is 2. The van der Waals surface area contributed by atoms with E-state index in [0.29, 0.717) is 11.6 Å². The van der Waals surface area contributed by atoms with Crippen molar-refractivity contribution < 1.29 is 9.59 Å². The van der Waals surface area contributed by atoms with Gasteiger partial charge in [0.05, 0.1) is 0 Å². The van der Waals surface area contributed by atoms with Crippen molar-refractivity contribution in [1.29, 1.82) is 0 Å². The number of hydrogen-bond donors (Lipinski definition) is 2. The maximum Gasteiger partial charge on any atom is 0.251 e. The molecule has 0 aliphatic carbocycles. The Kier molecular flexibility index (Phi) is 8.28. The number of hydrogen-bond acceptors (Lipinski definition) is 4. The van der Waals surface area contributed by atoms with Crippen LogP contribution in [0.15, 0.2) is 24.3 Å². The smallest absolute Gasteiger partial charge is 0.251 e. The van der Waals surface area contributed by atoms with Crippen molar-refractivity contribution >= 4 is 24.2 Å². The Labute approximate surface area is 174 Å². The molecule has 28 heavy (non-hydrogen) atoms. The Hall–Kier alpha value is -1.63. The third-order valence-electron chi connectivity index (χ3n) is 5.68. The van der Waals surface area contributed by atoms with E-state index in [2.05, 4.69) is 15.5 Å². The number of amides is 2. The van der Waals surface area contributed by atoms with Gasteiger partial charge in [-0.05, 0) is 31.4 Å². The molecule has 2 atom stereocenters. The Morgan fingerprint density at radius 2 is 1.75 bits per heavy atom. The highest BCUT2D eigenvalue weighted by Crippen LogP contribution is 2.19. The van der Waals surface area contributed by atoms with Gasteiger partial charge in [-0.25, -0.2) is 0 Å². The van der Waals surface area contributed by atoms with Gasteiger partial charge < -0.3 is 15.5 Å². The zero-order valence-corrected chi connectivity index (χ0v) is 17.9. The summed E-state index contributed by atoms with van der Waals surface area (Å²) in [7, 11) is 0. The number of rotatable bonds is 5. The van der Waals surface area contributed by atoms with E-state index in [1.165, 1.54) is 0 Å². The molecule has 2 amide bonds. The van der Waals surface area contributed by atoms with E-state index in [4.69, 9.17) is 0 Å². The second kappa shape index (κ2) is 10.2. The van der Waals surface area contributed by atoms with Gasteiger partial charge in [0.15, 0.2) is 0 Å². The maximum atomic E-state index is 13.1. The molecule has 1 aromatic carbocycles. The highest BCUT2D eigenvalue weighted by Gasteiger charge is 2.35. The first-order chi connectivity index (χ1) is 13.0. The minimum atomic E-state index is -0.486. The van der Waals surface area contributed by atoms with E-state index in [-0.39, 0.29) is 30.1 Å². The van der Waals surface area contributed by atoms with Crippen LogP contribution in [0.25, 0.3) is 0 Å². The van der Waals surface area contributed by atoms with E-state index in [0.717, 1.165) is 51.3 Å². The zero-order valence-electron chi connectivity index (χ0n) is 17.1. The zero-order chi connectivity index (χ0) is 19.4. The molecular formula is C21H33ClN4O2. The summed E-state index contributed by atoms with van der Waals surface area (Å²) in [5.41, 5.74) is 1.71. The molecule has 0 aromatic heterocycles. The highest BCUT2D eigenvalue weighted by atomic mass is 35.5. The number of halogens is 1. The molecule has 2 N–H and O–H groups in total. The average molecular weight is 409 g/mol. The number of carbonyl (C=O) groups is 2. The molecule has 0 bridgehead atoms. The molecule has 7 heteroatoms. The van der Waals surface area contributed by atoms with E-state index in [9.17, 15) is 9.59 Å². The fourth-order valence-electron chi connectivity index (χ4n) is 3.93. The first-order valence-corrected chi connectivity index (χ1v) is 10.1. The fraction of sp³-hybridized carbons (Fsp3) is 0.619.